The van der Waals surface area contributed by atoms with Gasteiger partial charge in [-0.2, -0.15) is 0 Å². The normalized spacial score (nSPS) is 22.6. The summed E-state index contributed by atoms with van der Waals surface area (Å²) in [5.41, 5.74) is 2.75. The first-order valence-electron chi connectivity index (χ1n) is 13.1. The minimum absolute atomic E-state index is 0.135. The van der Waals surface area contributed by atoms with Crippen molar-refractivity contribution in [3.63, 3.8) is 0 Å². The van der Waals surface area contributed by atoms with Crippen LogP contribution in [0.2, 0.25) is 0 Å². The van der Waals surface area contributed by atoms with Crippen molar-refractivity contribution >= 4 is 23.6 Å². The SMILES string of the molecule is CC1=CN([C@@H]2CC(OC(=O)c3ccccc3)[C@H](COC(=O)c3ccccc3)O2)C(=O)C(c2ccc(C)cc2)C1=O. The highest BCUT2D eigenvalue weighted by Crippen LogP contribution is 2.34. The number of Topliss-reactive ketones (excluding diaryl/α,β-unsaturated/α-hetero) is 1. The molecule has 2 aliphatic rings. The molecule has 8 heteroatoms. The summed E-state index contributed by atoms with van der Waals surface area (Å²) in [5, 5.41) is 0. The third-order valence-electron chi connectivity index (χ3n) is 7.04. The van der Waals surface area contributed by atoms with Crippen LogP contribution in [0.5, 0.6) is 0 Å². The molecule has 0 aliphatic carbocycles. The molecule has 2 aliphatic heterocycles. The lowest BCUT2D eigenvalue weighted by Crippen LogP contribution is -2.45. The number of nitrogens with zero attached hydrogens (tertiary/aromatic N) is 1. The van der Waals surface area contributed by atoms with Crippen LogP contribution in [0.3, 0.4) is 0 Å². The molecule has 0 radical (unpaired) electrons. The second-order valence-corrected chi connectivity index (χ2v) is 9.90. The molecule has 0 saturated carbocycles. The van der Waals surface area contributed by atoms with Gasteiger partial charge in [-0.1, -0.05) is 66.2 Å². The Labute approximate surface area is 232 Å². The van der Waals surface area contributed by atoms with Crippen LogP contribution in [0.1, 0.15) is 51.1 Å². The smallest absolute Gasteiger partial charge is 0.338 e. The minimum Gasteiger partial charge on any atom is -0.459 e. The minimum atomic E-state index is -1.01. The molecule has 3 aromatic rings. The van der Waals surface area contributed by atoms with Gasteiger partial charge in [-0.15, -0.1) is 0 Å². The molecule has 0 spiro atoms. The molecule has 2 unspecified atom stereocenters. The van der Waals surface area contributed by atoms with Crippen molar-refractivity contribution in [3.8, 4) is 0 Å². The van der Waals surface area contributed by atoms with Crippen molar-refractivity contribution in [1.29, 1.82) is 0 Å². The quantitative estimate of drug-likeness (QED) is 0.320. The van der Waals surface area contributed by atoms with Gasteiger partial charge in [-0.3, -0.25) is 14.5 Å². The number of hydrogen-bond acceptors (Lipinski definition) is 7. The summed E-state index contributed by atoms with van der Waals surface area (Å²) in [7, 11) is 0. The second-order valence-electron chi connectivity index (χ2n) is 9.90. The topological polar surface area (TPSA) is 99.2 Å². The lowest BCUT2D eigenvalue weighted by atomic mass is 9.87. The molecular formula is C32H29NO7. The fraction of sp³-hybridized carbons (Fsp3) is 0.250. The predicted octanol–water partition coefficient (Wildman–Crippen LogP) is 4.59. The second kappa shape index (κ2) is 11.7. The maximum Gasteiger partial charge on any atom is 0.338 e. The molecule has 8 nitrogen and oxygen atoms in total. The highest BCUT2D eigenvalue weighted by molar-refractivity contribution is 6.16. The molecular weight excluding hydrogens is 510 g/mol. The standard InChI is InChI=1S/C32H29NO7/c1-20-13-15-22(16-14-20)28-29(34)21(2)18-33(30(28)35)27-17-25(40-32(37)24-11-7-4-8-12-24)26(39-27)19-38-31(36)23-9-5-3-6-10-23/h3-16,18,25-28H,17,19H2,1-2H3/t25?,26-,27-,28?/m0/s1. The number of esters is 2. The number of aryl methyl sites for hydroxylation is 1. The van der Waals surface area contributed by atoms with Crippen molar-refractivity contribution in [2.75, 3.05) is 6.61 Å². The Morgan fingerprint density at radius 2 is 1.45 bits per heavy atom. The van der Waals surface area contributed by atoms with Crippen LogP contribution in [0.15, 0.2) is 96.7 Å². The largest absolute Gasteiger partial charge is 0.459 e. The fourth-order valence-corrected chi connectivity index (χ4v) is 4.84. The molecule has 1 amide bonds. The van der Waals surface area contributed by atoms with Gasteiger partial charge in [-0.25, -0.2) is 9.59 Å². The van der Waals surface area contributed by atoms with Gasteiger partial charge in [0.25, 0.3) is 0 Å². The van der Waals surface area contributed by atoms with E-state index in [2.05, 4.69) is 0 Å². The summed E-state index contributed by atoms with van der Waals surface area (Å²) >= 11 is 0. The average molecular weight is 540 g/mol. The number of allylic oxidation sites excluding steroid dienone is 1. The molecule has 4 atom stereocenters. The summed E-state index contributed by atoms with van der Waals surface area (Å²) in [6.07, 6.45) is -0.858. The highest BCUT2D eigenvalue weighted by Gasteiger charge is 2.46. The van der Waals surface area contributed by atoms with Crippen molar-refractivity contribution in [3.05, 3.63) is 119 Å². The summed E-state index contributed by atoms with van der Waals surface area (Å²) in [5.74, 6) is -2.81. The fourth-order valence-electron chi connectivity index (χ4n) is 4.84. The Bertz CT molecular complexity index is 1430. The van der Waals surface area contributed by atoms with Crippen LogP contribution in [0, 0.1) is 6.92 Å². The molecule has 3 aromatic carbocycles. The number of carbonyl (C=O) groups is 4. The number of hydrogen-bond donors (Lipinski definition) is 0. The van der Waals surface area contributed by atoms with E-state index in [1.807, 2.05) is 19.1 Å². The van der Waals surface area contributed by atoms with E-state index in [0.717, 1.165) is 5.56 Å². The Balaban J connectivity index is 1.37. The van der Waals surface area contributed by atoms with Gasteiger partial charge in [-0.05, 0) is 43.7 Å². The van der Waals surface area contributed by atoms with Crippen LogP contribution in [0.4, 0.5) is 0 Å². The first-order chi connectivity index (χ1) is 19.3. The summed E-state index contributed by atoms with van der Waals surface area (Å²) in [6, 6.07) is 24.3. The summed E-state index contributed by atoms with van der Waals surface area (Å²) in [6.45, 7) is 3.39. The van der Waals surface area contributed by atoms with Crippen LogP contribution < -0.4 is 0 Å². The highest BCUT2D eigenvalue weighted by atomic mass is 16.6. The lowest BCUT2D eigenvalue weighted by Gasteiger charge is -2.33. The third-order valence-corrected chi connectivity index (χ3v) is 7.04. The number of carbonyl (C=O) groups excluding carboxylic acids is 4. The van der Waals surface area contributed by atoms with Crippen molar-refractivity contribution < 1.29 is 33.4 Å². The average Bonchev–Trinajstić information content (AvgIpc) is 3.37. The third kappa shape index (κ3) is 5.72. The molecule has 40 heavy (non-hydrogen) atoms. The summed E-state index contributed by atoms with van der Waals surface area (Å²) < 4.78 is 17.5. The molecule has 0 aromatic heterocycles. The maximum absolute atomic E-state index is 13.6. The van der Waals surface area contributed by atoms with E-state index in [1.165, 1.54) is 11.1 Å². The van der Waals surface area contributed by atoms with Crippen LogP contribution >= 0.6 is 0 Å². The lowest BCUT2D eigenvalue weighted by molar-refractivity contribution is -0.147. The summed E-state index contributed by atoms with van der Waals surface area (Å²) in [4.78, 5) is 53.6. The van der Waals surface area contributed by atoms with E-state index >= 15 is 0 Å². The number of rotatable bonds is 7. The van der Waals surface area contributed by atoms with Gasteiger partial charge in [0.05, 0.1) is 11.1 Å². The van der Waals surface area contributed by atoms with Gasteiger partial charge in [0, 0.05) is 18.2 Å². The van der Waals surface area contributed by atoms with Gasteiger partial charge >= 0.3 is 11.9 Å². The zero-order chi connectivity index (χ0) is 28.2. The zero-order valence-electron chi connectivity index (χ0n) is 22.2. The first kappa shape index (κ1) is 27.0. The Morgan fingerprint density at radius 3 is 2.08 bits per heavy atom. The van der Waals surface area contributed by atoms with Crippen molar-refractivity contribution in [1.82, 2.24) is 4.90 Å². The molecule has 5 rings (SSSR count). The van der Waals surface area contributed by atoms with Gasteiger partial charge in [0.2, 0.25) is 5.91 Å². The van der Waals surface area contributed by atoms with E-state index in [9.17, 15) is 19.2 Å². The van der Waals surface area contributed by atoms with E-state index in [1.54, 1.807) is 79.7 Å². The molecule has 2 heterocycles. The molecule has 0 N–H and O–H groups in total. The number of amides is 1. The van der Waals surface area contributed by atoms with E-state index < -0.39 is 42.2 Å². The Morgan fingerprint density at radius 1 is 0.850 bits per heavy atom. The molecule has 1 saturated heterocycles. The Kier molecular flexibility index (Phi) is 7.89. The number of ketones is 1. The van der Waals surface area contributed by atoms with E-state index in [-0.39, 0.29) is 18.8 Å². The van der Waals surface area contributed by atoms with Gasteiger partial charge in [0.15, 0.2) is 5.78 Å². The van der Waals surface area contributed by atoms with Crippen LogP contribution in [-0.2, 0) is 23.8 Å². The van der Waals surface area contributed by atoms with Crippen LogP contribution in [0.25, 0.3) is 0 Å². The van der Waals surface area contributed by atoms with Crippen molar-refractivity contribution in [2.45, 2.75) is 44.6 Å². The van der Waals surface area contributed by atoms with Gasteiger partial charge < -0.3 is 14.2 Å². The monoisotopic (exact) mass is 539 g/mol. The van der Waals surface area contributed by atoms with Gasteiger partial charge in [0.1, 0.15) is 31.0 Å². The zero-order valence-corrected chi connectivity index (χ0v) is 22.2. The Hall–Kier alpha value is -4.56. The predicted molar refractivity (Wildman–Crippen MR) is 145 cm³/mol. The molecule has 0 bridgehead atoms. The molecule has 1 fully saturated rings. The van der Waals surface area contributed by atoms with Crippen molar-refractivity contribution in [2.24, 2.45) is 0 Å². The van der Waals surface area contributed by atoms with Crippen LogP contribution in [-0.4, -0.2) is 53.6 Å². The number of benzene rings is 3. The van der Waals surface area contributed by atoms with E-state index in [4.69, 9.17) is 14.2 Å². The maximum atomic E-state index is 13.6. The van der Waals surface area contributed by atoms with E-state index in [0.29, 0.717) is 22.3 Å². The number of ether oxygens (including phenoxy) is 3. The molecule has 204 valence electrons. The first-order valence-corrected chi connectivity index (χ1v) is 13.1.